The summed E-state index contributed by atoms with van der Waals surface area (Å²) in [6.45, 7) is 0.872. The molecule has 9 heteroatoms. The lowest BCUT2D eigenvalue weighted by molar-refractivity contribution is -0.385. The Hall–Kier alpha value is -2.45. The Morgan fingerprint density at radius 3 is 2.88 bits per heavy atom. The second kappa shape index (κ2) is 6.58. The predicted octanol–water partition coefficient (Wildman–Crippen LogP) is 2.14. The van der Waals surface area contributed by atoms with E-state index in [2.05, 4.69) is 5.10 Å². The molecule has 1 aromatic carbocycles. The van der Waals surface area contributed by atoms with Crippen molar-refractivity contribution in [2.75, 3.05) is 18.5 Å². The van der Waals surface area contributed by atoms with Crippen molar-refractivity contribution in [1.29, 1.82) is 0 Å². The number of carbonyl (C=O) groups is 1. The number of likely N-dealkylation sites (N-methyl/N-ethyl adjacent to an activating group) is 1. The molecule has 1 saturated heterocycles. The third-order valence-electron chi connectivity index (χ3n) is 4.05. The van der Waals surface area contributed by atoms with Crippen LogP contribution in [0.2, 0.25) is 5.02 Å². The predicted molar refractivity (Wildman–Crippen MR) is 88.9 cm³/mol. The second-order valence-corrected chi connectivity index (χ2v) is 6.05. The zero-order valence-electron chi connectivity index (χ0n) is 13.0. The number of halogens is 1. The molecule has 0 bridgehead atoms. The zero-order chi connectivity index (χ0) is 17.3. The SMILES string of the molecule is CN(Cn1cc([N+](=O)[O-])cn1)[C@@H]1CCN(c2ccccc2Cl)C1=O. The van der Waals surface area contributed by atoms with Crippen molar-refractivity contribution in [2.45, 2.75) is 19.1 Å². The van der Waals surface area contributed by atoms with Gasteiger partial charge in [0.25, 0.3) is 0 Å². The van der Waals surface area contributed by atoms with Gasteiger partial charge in [0.15, 0.2) is 0 Å². The molecule has 1 aromatic heterocycles. The Morgan fingerprint density at radius 2 is 2.21 bits per heavy atom. The van der Waals surface area contributed by atoms with Crippen LogP contribution in [0.3, 0.4) is 0 Å². The Morgan fingerprint density at radius 1 is 1.46 bits per heavy atom. The first-order valence-corrected chi connectivity index (χ1v) is 7.78. The fraction of sp³-hybridized carbons (Fsp3) is 0.333. The molecule has 0 N–H and O–H groups in total. The van der Waals surface area contributed by atoms with Gasteiger partial charge in [0, 0.05) is 6.54 Å². The highest BCUT2D eigenvalue weighted by Gasteiger charge is 2.36. The fourth-order valence-electron chi connectivity index (χ4n) is 2.84. The molecule has 1 amide bonds. The van der Waals surface area contributed by atoms with Gasteiger partial charge in [0.05, 0.1) is 28.3 Å². The quantitative estimate of drug-likeness (QED) is 0.610. The van der Waals surface area contributed by atoms with E-state index in [1.54, 1.807) is 18.0 Å². The molecule has 24 heavy (non-hydrogen) atoms. The van der Waals surface area contributed by atoms with Gasteiger partial charge in [0.1, 0.15) is 12.4 Å². The molecule has 1 atom stereocenters. The summed E-state index contributed by atoms with van der Waals surface area (Å²) in [5.41, 5.74) is 0.633. The van der Waals surface area contributed by atoms with Gasteiger partial charge in [-0.25, -0.2) is 0 Å². The number of aromatic nitrogens is 2. The molecule has 0 radical (unpaired) electrons. The minimum Gasteiger partial charge on any atom is -0.310 e. The molecule has 0 spiro atoms. The summed E-state index contributed by atoms with van der Waals surface area (Å²) in [6.07, 6.45) is 3.20. The molecule has 126 valence electrons. The molecule has 0 aliphatic carbocycles. The van der Waals surface area contributed by atoms with Crippen molar-refractivity contribution in [3.05, 3.63) is 51.8 Å². The molecular formula is C15H16ClN5O3. The highest BCUT2D eigenvalue weighted by Crippen LogP contribution is 2.30. The van der Waals surface area contributed by atoms with Gasteiger partial charge >= 0.3 is 5.69 Å². The summed E-state index contributed by atoms with van der Waals surface area (Å²) >= 11 is 6.17. The zero-order valence-corrected chi connectivity index (χ0v) is 13.8. The van der Waals surface area contributed by atoms with E-state index in [0.29, 0.717) is 30.3 Å². The van der Waals surface area contributed by atoms with Crippen molar-refractivity contribution >= 4 is 28.9 Å². The van der Waals surface area contributed by atoms with E-state index >= 15 is 0 Å². The Labute approximate surface area is 143 Å². The van der Waals surface area contributed by atoms with Gasteiger partial charge < -0.3 is 4.90 Å². The highest BCUT2D eigenvalue weighted by atomic mass is 35.5. The van der Waals surface area contributed by atoms with Crippen LogP contribution in [0.4, 0.5) is 11.4 Å². The Kier molecular flexibility index (Phi) is 4.50. The van der Waals surface area contributed by atoms with E-state index in [1.807, 2.05) is 23.1 Å². The summed E-state index contributed by atoms with van der Waals surface area (Å²) < 4.78 is 1.45. The minimum absolute atomic E-state index is 0.0349. The average Bonchev–Trinajstić information content (AvgIpc) is 3.15. The van der Waals surface area contributed by atoms with Crippen LogP contribution in [-0.4, -0.2) is 45.1 Å². The van der Waals surface area contributed by atoms with Crippen LogP contribution in [0.25, 0.3) is 0 Å². The van der Waals surface area contributed by atoms with Crippen molar-refractivity contribution in [1.82, 2.24) is 14.7 Å². The van der Waals surface area contributed by atoms with E-state index in [9.17, 15) is 14.9 Å². The van der Waals surface area contributed by atoms with Crippen LogP contribution in [0.1, 0.15) is 6.42 Å². The van der Waals surface area contributed by atoms with Crippen LogP contribution in [0, 0.1) is 10.1 Å². The van der Waals surface area contributed by atoms with Crippen LogP contribution < -0.4 is 4.90 Å². The lowest BCUT2D eigenvalue weighted by Crippen LogP contribution is -2.40. The Balaban J connectivity index is 1.70. The number of amides is 1. The molecule has 2 heterocycles. The lowest BCUT2D eigenvalue weighted by Gasteiger charge is -2.23. The number of hydrogen-bond acceptors (Lipinski definition) is 5. The molecule has 8 nitrogen and oxygen atoms in total. The molecular weight excluding hydrogens is 334 g/mol. The van der Waals surface area contributed by atoms with Crippen molar-refractivity contribution in [2.24, 2.45) is 0 Å². The van der Waals surface area contributed by atoms with Crippen molar-refractivity contribution < 1.29 is 9.72 Å². The van der Waals surface area contributed by atoms with E-state index in [-0.39, 0.29) is 17.6 Å². The number of para-hydroxylation sites is 1. The molecule has 1 aliphatic heterocycles. The lowest BCUT2D eigenvalue weighted by atomic mass is 10.2. The van der Waals surface area contributed by atoms with E-state index < -0.39 is 4.92 Å². The summed E-state index contributed by atoms with van der Waals surface area (Å²) in [5, 5.41) is 15.2. The van der Waals surface area contributed by atoms with Gasteiger partial charge in [-0.15, -0.1) is 0 Å². The molecule has 0 unspecified atom stereocenters. The number of nitro groups is 1. The van der Waals surface area contributed by atoms with Gasteiger partial charge in [0.2, 0.25) is 5.91 Å². The molecule has 1 fully saturated rings. The number of benzene rings is 1. The molecule has 3 rings (SSSR count). The first kappa shape index (κ1) is 16.4. The highest BCUT2D eigenvalue weighted by molar-refractivity contribution is 6.33. The third-order valence-corrected chi connectivity index (χ3v) is 4.37. The van der Waals surface area contributed by atoms with E-state index in [0.717, 1.165) is 0 Å². The molecule has 2 aromatic rings. The monoisotopic (exact) mass is 349 g/mol. The van der Waals surface area contributed by atoms with E-state index in [4.69, 9.17) is 11.6 Å². The average molecular weight is 350 g/mol. The fourth-order valence-corrected chi connectivity index (χ4v) is 3.07. The largest absolute Gasteiger partial charge is 0.310 e. The van der Waals surface area contributed by atoms with Crippen molar-refractivity contribution in [3.63, 3.8) is 0 Å². The van der Waals surface area contributed by atoms with Gasteiger partial charge in [-0.2, -0.15) is 5.10 Å². The smallest absolute Gasteiger partial charge is 0.307 e. The number of hydrogen-bond donors (Lipinski definition) is 0. The Bertz CT molecular complexity index is 778. The first-order chi connectivity index (χ1) is 11.5. The maximum atomic E-state index is 12.7. The molecule has 0 saturated carbocycles. The molecule has 1 aliphatic rings. The standard InChI is InChI=1S/C15H16ClN5O3/c1-18(10-19-9-11(8-17-19)21(23)24)14-6-7-20(15(14)22)13-5-3-2-4-12(13)16/h2-5,8-9,14H,6-7,10H2,1H3/t14-/m1/s1. The maximum Gasteiger partial charge on any atom is 0.307 e. The van der Waals surface area contributed by atoms with Crippen LogP contribution in [0.5, 0.6) is 0 Å². The normalized spacial score (nSPS) is 17.7. The summed E-state index contributed by atoms with van der Waals surface area (Å²) in [5.74, 6) is -0.0349. The topological polar surface area (TPSA) is 84.5 Å². The number of carbonyl (C=O) groups excluding carboxylic acids is 1. The number of nitrogens with zero attached hydrogens (tertiary/aromatic N) is 5. The minimum atomic E-state index is -0.497. The van der Waals surface area contributed by atoms with Crippen molar-refractivity contribution in [3.8, 4) is 0 Å². The van der Waals surface area contributed by atoms with Gasteiger partial charge in [-0.1, -0.05) is 23.7 Å². The summed E-state index contributed by atoms with van der Waals surface area (Å²) in [7, 11) is 1.80. The summed E-state index contributed by atoms with van der Waals surface area (Å²) in [4.78, 5) is 26.4. The summed E-state index contributed by atoms with van der Waals surface area (Å²) in [6, 6.07) is 6.92. The second-order valence-electron chi connectivity index (χ2n) is 5.64. The third kappa shape index (κ3) is 3.10. The van der Waals surface area contributed by atoms with Crippen LogP contribution >= 0.6 is 11.6 Å². The van der Waals surface area contributed by atoms with Crippen LogP contribution in [0.15, 0.2) is 36.7 Å². The van der Waals surface area contributed by atoms with Gasteiger partial charge in [-0.05, 0) is 25.6 Å². The van der Waals surface area contributed by atoms with Crippen LogP contribution in [-0.2, 0) is 11.5 Å². The maximum absolute atomic E-state index is 12.7. The first-order valence-electron chi connectivity index (χ1n) is 7.40. The number of rotatable bonds is 5. The van der Waals surface area contributed by atoms with E-state index in [1.165, 1.54) is 17.1 Å². The number of anilines is 1. The van der Waals surface area contributed by atoms with Gasteiger partial charge in [-0.3, -0.25) is 24.5 Å².